The molecule has 0 saturated carbocycles. The van der Waals surface area contributed by atoms with Gasteiger partial charge in [0.1, 0.15) is 6.61 Å². The second kappa shape index (κ2) is 5.05. The number of carboxylic acid groups (broad SMARTS) is 1. The van der Waals surface area contributed by atoms with Crippen LogP contribution in [0.2, 0.25) is 0 Å². The van der Waals surface area contributed by atoms with Crippen molar-refractivity contribution in [2.24, 2.45) is 0 Å². The molecule has 0 bridgehead atoms. The van der Waals surface area contributed by atoms with E-state index in [0.717, 1.165) is 0 Å². The van der Waals surface area contributed by atoms with Gasteiger partial charge in [0.15, 0.2) is 0 Å². The van der Waals surface area contributed by atoms with Crippen LogP contribution in [0.3, 0.4) is 0 Å². The molecule has 0 radical (unpaired) electrons. The number of hydrogen-bond donors (Lipinski definition) is 1. The Morgan fingerprint density at radius 3 is 3.00 bits per heavy atom. The first-order valence-electron chi connectivity index (χ1n) is 4.05. The Balaban J connectivity index is 2.85. The van der Waals surface area contributed by atoms with Crippen molar-refractivity contribution in [1.82, 2.24) is 0 Å². The molecule has 1 aromatic carbocycles. The Hall–Kier alpha value is -1.79. The third-order valence-corrected chi connectivity index (χ3v) is 1.56. The fourth-order valence-electron chi connectivity index (χ4n) is 0.940. The summed E-state index contributed by atoms with van der Waals surface area (Å²) in [7, 11) is 1.56. The van der Waals surface area contributed by atoms with E-state index in [0.29, 0.717) is 12.2 Å². The summed E-state index contributed by atoms with van der Waals surface area (Å²) < 4.78 is 4.75. The number of carbonyl (C=O) groups is 1. The molecule has 0 unspecified atom stereocenters. The van der Waals surface area contributed by atoms with Gasteiger partial charge in [-0.05, 0) is 18.2 Å². The Kier molecular flexibility index (Phi) is 3.71. The summed E-state index contributed by atoms with van der Waals surface area (Å²) in [4.78, 5) is 10.6. The van der Waals surface area contributed by atoms with Crippen molar-refractivity contribution in [2.45, 2.75) is 0 Å². The van der Waals surface area contributed by atoms with Gasteiger partial charge in [0.05, 0.1) is 5.56 Å². The van der Waals surface area contributed by atoms with Crippen LogP contribution in [0, 0.1) is 11.8 Å². The van der Waals surface area contributed by atoms with E-state index in [1.165, 1.54) is 12.1 Å². The normalized spacial score (nSPS) is 8.93. The summed E-state index contributed by atoms with van der Waals surface area (Å²) in [6.45, 7) is 0.345. The van der Waals surface area contributed by atoms with Crippen LogP contribution < -0.4 is 0 Å². The maximum atomic E-state index is 10.6. The van der Waals surface area contributed by atoms with E-state index in [2.05, 4.69) is 11.8 Å². The molecule has 0 fully saturated rings. The molecule has 0 aliphatic rings. The molecule has 3 nitrogen and oxygen atoms in total. The molecule has 0 heterocycles. The maximum Gasteiger partial charge on any atom is 0.335 e. The molecule has 1 aromatic rings. The largest absolute Gasteiger partial charge is 0.478 e. The average Bonchev–Trinajstić information content (AvgIpc) is 2.19. The van der Waals surface area contributed by atoms with Gasteiger partial charge in [-0.1, -0.05) is 17.9 Å². The molecule has 1 N–H and O–H groups in total. The number of carboxylic acids is 1. The molecular weight excluding hydrogens is 180 g/mol. The molecule has 0 atom stereocenters. The molecule has 72 valence electrons. The van der Waals surface area contributed by atoms with Crippen molar-refractivity contribution in [3.63, 3.8) is 0 Å². The number of hydrogen-bond acceptors (Lipinski definition) is 2. The van der Waals surface area contributed by atoms with Crippen molar-refractivity contribution < 1.29 is 14.6 Å². The van der Waals surface area contributed by atoms with Gasteiger partial charge in [-0.15, -0.1) is 0 Å². The zero-order valence-corrected chi connectivity index (χ0v) is 7.78. The Bertz CT molecular complexity index is 385. The van der Waals surface area contributed by atoms with E-state index >= 15 is 0 Å². The second-order valence-corrected chi connectivity index (χ2v) is 2.62. The van der Waals surface area contributed by atoms with E-state index in [4.69, 9.17) is 9.84 Å². The summed E-state index contributed by atoms with van der Waals surface area (Å²) in [5.74, 6) is 4.61. The number of ether oxygens (including phenoxy) is 1. The Morgan fingerprint density at radius 1 is 1.57 bits per heavy atom. The predicted octanol–water partition coefficient (Wildman–Crippen LogP) is 1.38. The molecule has 0 aliphatic heterocycles. The monoisotopic (exact) mass is 190 g/mol. The Morgan fingerprint density at radius 2 is 2.36 bits per heavy atom. The van der Waals surface area contributed by atoms with Crippen LogP contribution in [0.1, 0.15) is 15.9 Å². The van der Waals surface area contributed by atoms with E-state index in [1.807, 2.05) is 0 Å². The van der Waals surface area contributed by atoms with Crippen molar-refractivity contribution in [3.8, 4) is 11.8 Å². The van der Waals surface area contributed by atoms with Crippen LogP contribution in [0.25, 0.3) is 0 Å². The van der Waals surface area contributed by atoms with Gasteiger partial charge >= 0.3 is 5.97 Å². The van der Waals surface area contributed by atoms with Gasteiger partial charge in [0.25, 0.3) is 0 Å². The van der Waals surface area contributed by atoms with Gasteiger partial charge in [-0.3, -0.25) is 0 Å². The maximum absolute atomic E-state index is 10.6. The van der Waals surface area contributed by atoms with Crippen LogP contribution in [0.5, 0.6) is 0 Å². The molecule has 0 aliphatic carbocycles. The molecule has 0 aromatic heterocycles. The first-order chi connectivity index (χ1) is 6.74. The lowest BCUT2D eigenvalue weighted by molar-refractivity contribution is 0.0697. The lowest BCUT2D eigenvalue weighted by Gasteiger charge is -1.94. The second-order valence-electron chi connectivity index (χ2n) is 2.62. The van der Waals surface area contributed by atoms with Gasteiger partial charge < -0.3 is 9.84 Å². The quantitative estimate of drug-likeness (QED) is 0.717. The lowest BCUT2D eigenvalue weighted by Crippen LogP contribution is -1.95. The number of benzene rings is 1. The van der Waals surface area contributed by atoms with Crippen molar-refractivity contribution in [3.05, 3.63) is 35.4 Å². The highest BCUT2D eigenvalue weighted by molar-refractivity contribution is 5.87. The molecule has 0 saturated heterocycles. The third-order valence-electron chi connectivity index (χ3n) is 1.56. The predicted molar refractivity (Wildman–Crippen MR) is 52.2 cm³/mol. The third kappa shape index (κ3) is 2.92. The highest BCUT2D eigenvalue weighted by atomic mass is 16.5. The summed E-state index contributed by atoms with van der Waals surface area (Å²) in [5.41, 5.74) is 0.927. The van der Waals surface area contributed by atoms with Crippen molar-refractivity contribution in [1.29, 1.82) is 0 Å². The summed E-state index contributed by atoms with van der Waals surface area (Å²) >= 11 is 0. The van der Waals surface area contributed by atoms with Crippen LogP contribution >= 0.6 is 0 Å². The number of aromatic carboxylic acids is 1. The first-order valence-corrected chi connectivity index (χ1v) is 4.05. The first kappa shape index (κ1) is 10.3. The lowest BCUT2D eigenvalue weighted by atomic mass is 10.1. The van der Waals surface area contributed by atoms with E-state index in [-0.39, 0.29) is 5.56 Å². The van der Waals surface area contributed by atoms with Crippen LogP contribution in [0.4, 0.5) is 0 Å². The van der Waals surface area contributed by atoms with Crippen molar-refractivity contribution >= 4 is 5.97 Å². The fraction of sp³-hybridized carbons (Fsp3) is 0.182. The van der Waals surface area contributed by atoms with E-state index in [1.54, 1.807) is 19.2 Å². The highest BCUT2D eigenvalue weighted by Gasteiger charge is 2.00. The van der Waals surface area contributed by atoms with Crippen molar-refractivity contribution in [2.75, 3.05) is 13.7 Å². The summed E-state index contributed by atoms with van der Waals surface area (Å²) in [5, 5.41) is 8.71. The molecule has 14 heavy (non-hydrogen) atoms. The van der Waals surface area contributed by atoms with Crippen LogP contribution in [-0.2, 0) is 4.74 Å². The topological polar surface area (TPSA) is 46.5 Å². The minimum atomic E-state index is -0.944. The van der Waals surface area contributed by atoms with Crippen LogP contribution in [-0.4, -0.2) is 24.8 Å². The number of methoxy groups -OCH3 is 1. The molecule has 1 rings (SSSR count). The van der Waals surface area contributed by atoms with Gasteiger partial charge in [-0.25, -0.2) is 4.79 Å². The standard InChI is InChI=1S/C11H10O3/c1-14-7-3-5-9-4-2-6-10(8-9)11(12)13/h2,4,6,8H,7H2,1H3,(H,12,13). The van der Waals surface area contributed by atoms with Crippen LogP contribution in [0.15, 0.2) is 24.3 Å². The zero-order chi connectivity index (χ0) is 10.4. The number of rotatable bonds is 2. The average molecular weight is 190 g/mol. The molecule has 0 spiro atoms. The van der Waals surface area contributed by atoms with E-state index in [9.17, 15) is 4.79 Å². The van der Waals surface area contributed by atoms with Gasteiger partial charge in [0, 0.05) is 12.7 Å². The minimum absolute atomic E-state index is 0.245. The smallest absolute Gasteiger partial charge is 0.335 e. The van der Waals surface area contributed by atoms with Gasteiger partial charge in [-0.2, -0.15) is 0 Å². The minimum Gasteiger partial charge on any atom is -0.478 e. The van der Waals surface area contributed by atoms with E-state index < -0.39 is 5.97 Å². The Labute approximate surface area is 82.3 Å². The summed E-state index contributed by atoms with van der Waals surface area (Å²) in [6.07, 6.45) is 0. The zero-order valence-electron chi connectivity index (χ0n) is 7.78. The highest BCUT2D eigenvalue weighted by Crippen LogP contribution is 2.03. The molecule has 0 amide bonds. The SMILES string of the molecule is COCC#Cc1cccc(C(=O)O)c1. The fourth-order valence-corrected chi connectivity index (χ4v) is 0.940. The molecule has 3 heteroatoms. The summed E-state index contributed by atoms with van der Waals surface area (Å²) in [6, 6.07) is 6.49. The van der Waals surface area contributed by atoms with Gasteiger partial charge in [0.2, 0.25) is 0 Å². The molecular formula is C11H10O3.